The van der Waals surface area contributed by atoms with Gasteiger partial charge in [0.05, 0.1) is 6.10 Å². The molecule has 2 fully saturated rings. The summed E-state index contributed by atoms with van der Waals surface area (Å²) in [5.41, 5.74) is 5.23. The van der Waals surface area contributed by atoms with Crippen LogP contribution in [0.25, 0.3) is 0 Å². The van der Waals surface area contributed by atoms with E-state index in [4.69, 9.17) is 0 Å². The third kappa shape index (κ3) is 2.32. The largest absolute Gasteiger partial charge is 0.389 e. The zero-order chi connectivity index (χ0) is 15.4. The molecule has 1 N–H and O–H groups in total. The third-order valence-electron chi connectivity index (χ3n) is 7.35. The molecule has 2 bridgehead atoms. The minimum atomic E-state index is -0.258. The van der Waals surface area contributed by atoms with E-state index in [1.807, 2.05) is 0 Å². The molecule has 1 heteroatoms. The Bertz CT molecular complexity index is 484. The van der Waals surface area contributed by atoms with Gasteiger partial charge in [0.25, 0.3) is 0 Å². The van der Waals surface area contributed by atoms with E-state index in [9.17, 15) is 5.11 Å². The van der Waals surface area contributed by atoms with Gasteiger partial charge in [-0.2, -0.15) is 0 Å². The van der Waals surface area contributed by atoms with Gasteiger partial charge in [0.15, 0.2) is 0 Å². The second-order valence-corrected chi connectivity index (χ2v) is 8.79. The molecule has 3 aliphatic carbocycles. The Balaban J connectivity index is 1.99. The van der Waals surface area contributed by atoms with Gasteiger partial charge < -0.3 is 5.11 Å². The monoisotopic (exact) mass is 288 g/mol. The van der Waals surface area contributed by atoms with E-state index in [0.717, 1.165) is 24.3 Å². The Hall–Kier alpha value is -0.560. The maximum Gasteiger partial charge on any atom is 0.0750 e. The first-order valence-corrected chi connectivity index (χ1v) is 8.81. The van der Waals surface area contributed by atoms with Crippen LogP contribution in [0.1, 0.15) is 72.6 Å². The minimum Gasteiger partial charge on any atom is -0.389 e. The van der Waals surface area contributed by atoms with Crippen LogP contribution in [-0.2, 0) is 0 Å². The van der Waals surface area contributed by atoms with Gasteiger partial charge in [-0.05, 0) is 80.1 Å². The van der Waals surface area contributed by atoms with Gasteiger partial charge in [-0.1, -0.05) is 38.5 Å². The van der Waals surface area contributed by atoms with Crippen molar-refractivity contribution in [2.24, 2.45) is 22.7 Å². The van der Waals surface area contributed by atoms with Crippen LogP contribution >= 0.6 is 0 Å². The summed E-state index contributed by atoms with van der Waals surface area (Å²) < 4.78 is 0. The molecule has 0 spiro atoms. The highest BCUT2D eigenvalue weighted by molar-refractivity contribution is 5.27. The van der Waals surface area contributed by atoms with E-state index < -0.39 is 0 Å². The Morgan fingerprint density at radius 3 is 2.52 bits per heavy atom. The summed E-state index contributed by atoms with van der Waals surface area (Å²) in [6, 6.07) is 0. The molecule has 0 heterocycles. The van der Waals surface area contributed by atoms with Crippen LogP contribution < -0.4 is 0 Å². The van der Waals surface area contributed by atoms with Crippen LogP contribution in [0.5, 0.6) is 0 Å². The van der Waals surface area contributed by atoms with Crippen LogP contribution in [0.3, 0.4) is 0 Å². The highest BCUT2D eigenvalue weighted by Crippen LogP contribution is 2.58. The van der Waals surface area contributed by atoms with Crippen molar-refractivity contribution in [2.45, 2.75) is 78.7 Å². The molecule has 0 aromatic rings. The van der Waals surface area contributed by atoms with E-state index in [2.05, 4.69) is 34.3 Å². The summed E-state index contributed by atoms with van der Waals surface area (Å²) in [5.74, 6) is 1.27. The van der Waals surface area contributed by atoms with E-state index in [1.54, 1.807) is 11.1 Å². The third-order valence-corrected chi connectivity index (χ3v) is 7.35. The van der Waals surface area contributed by atoms with Crippen molar-refractivity contribution in [1.82, 2.24) is 0 Å². The molecule has 21 heavy (non-hydrogen) atoms. The van der Waals surface area contributed by atoms with E-state index in [-0.39, 0.29) is 6.10 Å². The molecule has 0 unspecified atom stereocenters. The maximum atomic E-state index is 10.3. The molecular weight excluding hydrogens is 256 g/mol. The first-order chi connectivity index (χ1) is 9.75. The molecule has 0 aliphatic heterocycles. The zero-order valence-electron chi connectivity index (χ0n) is 14.3. The van der Waals surface area contributed by atoms with E-state index in [0.29, 0.717) is 16.7 Å². The lowest BCUT2D eigenvalue weighted by atomic mass is 9.52. The van der Waals surface area contributed by atoms with Gasteiger partial charge in [0.1, 0.15) is 0 Å². The van der Waals surface area contributed by atoms with Crippen LogP contribution in [0, 0.1) is 22.7 Å². The Morgan fingerprint density at radius 2 is 1.81 bits per heavy atom. The fourth-order valence-corrected chi connectivity index (χ4v) is 5.58. The minimum absolute atomic E-state index is 0.258. The van der Waals surface area contributed by atoms with Gasteiger partial charge in [-0.25, -0.2) is 0 Å². The fourth-order valence-electron chi connectivity index (χ4n) is 5.58. The lowest BCUT2D eigenvalue weighted by Crippen LogP contribution is -2.44. The van der Waals surface area contributed by atoms with Crippen molar-refractivity contribution in [3.63, 3.8) is 0 Å². The predicted octanol–water partition coefficient (Wildman–Crippen LogP) is 5.26. The molecule has 118 valence electrons. The van der Waals surface area contributed by atoms with Gasteiger partial charge in [-0.15, -0.1) is 0 Å². The molecule has 1 nitrogen and oxygen atoms in total. The van der Waals surface area contributed by atoms with Crippen molar-refractivity contribution >= 4 is 0 Å². The van der Waals surface area contributed by atoms with Crippen LogP contribution in [0.15, 0.2) is 23.3 Å². The van der Waals surface area contributed by atoms with Crippen molar-refractivity contribution < 1.29 is 5.11 Å². The van der Waals surface area contributed by atoms with Gasteiger partial charge in [0, 0.05) is 0 Å². The van der Waals surface area contributed by atoms with Crippen molar-refractivity contribution in [1.29, 1.82) is 0 Å². The Morgan fingerprint density at radius 1 is 1.10 bits per heavy atom. The van der Waals surface area contributed by atoms with Crippen LogP contribution in [0.4, 0.5) is 0 Å². The number of aliphatic hydroxyl groups excluding tert-OH is 1. The second-order valence-electron chi connectivity index (χ2n) is 8.79. The molecule has 4 atom stereocenters. The summed E-state index contributed by atoms with van der Waals surface area (Å²) in [6.45, 7) is 14.0. The Labute approximate surface area is 130 Å². The van der Waals surface area contributed by atoms with Gasteiger partial charge in [0.2, 0.25) is 0 Å². The van der Waals surface area contributed by atoms with Gasteiger partial charge in [-0.3, -0.25) is 0 Å². The Kier molecular flexibility index (Phi) is 3.64. The molecule has 0 aromatic heterocycles. The molecule has 0 aromatic carbocycles. The molecule has 3 rings (SSSR count). The first-order valence-electron chi connectivity index (χ1n) is 8.81. The molecule has 0 radical (unpaired) electrons. The lowest BCUT2D eigenvalue weighted by molar-refractivity contribution is 0.0289. The normalized spacial score (nSPS) is 43.1. The topological polar surface area (TPSA) is 20.2 Å². The van der Waals surface area contributed by atoms with Crippen LogP contribution in [-0.4, -0.2) is 11.2 Å². The lowest BCUT2D eigenvalue weighted by Gasteiger charge is -2.53. The number of allylic oxidation sites excluding steroid dienone is 2. The average Bonchev–Trinajstić information content (AvgIpc) is 2.40. The highest BCUT2D eigenvalue weighted by Gasteiger charge is 2.48. The average molecular weight is 288 g/mol. The van der Waals surface area contributed by atoms with Gasteiger partial charge >= 0.3 is 0 Å². The summed E-state index contributed by atoms with van der Waals surface area (Å²) in [4.78, 5) is 0. The zero-order valence-corrected chi connectivity index (χ0v) is 14.3. The van der Waals surface area contributed by atoms with Crippen molar-refractivity contribution in [2.75, 3.05) is 0 Å². The summed E-state index contributed by atoms with van der Waals surface area (Å²) in [7, 11) is 0. The number of fused-ring (bicyclic) bond motifs is 3. The fraction of sp³-hybridized carbons (Fsp3) is 0.800. The second kappa shape index (κ2) is 4.98. The predicted molar refractivity (Wildman–Crippen MR) is 89.0 cm³/mol. The number of rotatable bonds is 0. The SMILES string of the molecule is C=C1[C@H]2C[C@@H]3CCC(C)=C(CC[C@]2(C)CC[C@@H]1O)C3(C)C. The van der Waals surface area contributed by atoms with Crippen LogP contribution in [0.2, 0.25) is 0 Å². The van der Waals surface area contributed by atoms with Crippen molar-refractivity contribution in [3.05, 3.63) is 23.3 Å². The molecule has 3 aliphatic rings. The highest BCUT2D eigenvalue weighted by atomic mass is 16.3. The first kappa shape index (κ1) is 15.3. The van der Waals surface area contributed by atoms with Crippen molar-refractivity contribution in [3.8, 4) is 0 Å². The standard InChI is InChI=1S/C20H32O/c1-13-6-7-15-12-17-14(2)18(21)9-11-20(17,5)10-8-16(13)19(15,3)4/h15,17-18,21H,2,6-12H2,1,3-5H3/t15-,17+,18-,20+/m0/s1. The molecule has 0 saturated heterocycles. The number of aliphatic hydroxyl groups is 1. The smallest absolute Gasteiger partial charge is 0.0750 e. The molecular formula is C20H32O. The molecule has 0 amide bonds. The van der Waals surface area contributed by atoms with E-state index in [1.165, 1.54) is 32.1 Å². The summed E-state index contributed by atoms with van der Waals surface area (Å²) in [5, 5.41) is 10.3. The van der Waals surface area contributed by atoms with E-state index >= 15 is 0 Å². The molecule has 2 saturated carbocycles. The number of hydrogen-bond donors (Lipinski definition) is 1. The number of hydrogen-bond acceptors (Lipinski definition) is 1. The summed E-state index contributed by atoms with van der Waals surface area (Å²) >= 11 is 0. The summed E-state index contributed by atoms with van der Waals surface area (Å²) in [6.07, 6.45) is 8.18. The quantitative estimate of drug-likeness (QED) is 0.603. The maximum absolute atomic E-state index is 10.3.